The van der Waals surface area contributed by atoms with E-state index in [1.54, 1.807) is 0 Å². The molecule has 0 saturated heterocycles. The van der Waals surface area contributed by atoms with Gasteiger partial charge in [0.05, 0.1) is 0 Å². The number of benzene rings is 1. The Bertz CT molecular complexity index is 399. The molecule has 1 N–H and O–H groups in total. The van der Waals surface area contributed by atoms with E-state index >= 15 is 0 Å². The number of hydrogen-bond donors (Lipinski definition) is 1. The van der Waals surface area contributed by atoms with Crippen molar-refractivity contribution in [2.24, 2.45) is 0 Å². The second kappa shape index (κ2) is 7.39. The Morgan fingerprint density at radius 1 is 1.16 bits per heavy atom. The zero-order valence-corrected chi connectivity index (χ0v) is 11.8. The number of rotatable bonds is 4. The maximum atomic E-state index is 11.7. The predicted molar refractivity (Wildman–Crippen MR) is 76.2 cm³/mol. The molecular formula is C15H20ClNO2. The van der Waals surface area contributed by atoms with E-state index in [1.165, 1.54) is 19.3 Å². The molecule has 0 spiro atoms. The predicted octanol–water partition coefficient (Wildman–Crippen LogP) is 3.98. The van der Waals surface area contributed by atoms with Gasteiger partial charge >= 0.3 is 6.09 Å². The minimum absolute atomic E-state index is 0.292. The molecule has 0 atom stereocenters. The first-order valence-corrected chi connectivity index (χ1v) is 7.38. The van der Waals surface area contributed by atoms with E-state index in [9.17, 15) is 4.79 Å². The quantitative estimate of drug-likeness (QED) is 0.848. The first kappa shape index (κ1) is 14.2. The highest BCUT2D eigenvalue weighted by Gasteiger charge is 2.16. The number of alkyl halides is 1. The van der Waals surface area contributed by atoms with Crippen LogP contribution in [0.25, 0.3) is 0 Å². The summed E-state index contributed by atoms with van der Waals surface area (Å²) < 4.78 is 5.22. The van der Waals surface area contributed by atoms with E-state index in [0.29, 0.717) is 18.5 Å². The average Bonchev–Trinajstić information content (AvgIpc) is 2.47. The molecule has 1 aliphatic carbocycles. The monoisotopic (exact) mass is 281 g/mol. The molecule has 104 valence electrons. The Morgan fingerprint density at radius 2 is 1.79 bits per heavy atom. The van der Waals surface area contributed by atoms with E-state index < -0.39 is 0 Å². The van der Waals surface area contributed by atoms with Crippen molar-refractivity contribution >= 4 is 17.7 Å². The Balaban J connectivity index is 1.72. The molecule has 1 amide bonds. The third-order valence-electron chi connectivity index (χ3n) is 3.47. The van der Waals surface area contributed by atoms with Crippen molar-refractivity contribution in [1.29, 1.82) is 0 Å². The summed E-state index contributed by atoms with van der Waals surface area (Å²) in [5.41, 5.74) is 2.05. The van der Waals surface area contributed by atoms with Crippen molar-refractivity contribution in [1.82, 2.24) is 5.32 Å². The highest BCUT2D eigenvalue weighted by atomic mass is 35.5. The van der Waals surface area contributed by atoms with Crippen molar-refractivity contribution < 1.29 is 9.53 Å². The maximum absolute atomic E-state index is 11.7. The molecule has 1 saturated carbocycles. The first-order valence-electron chi connectivity index (χ1n) is 6.85. The second-order valence-electron chi connectivity index (χ2n) is 5.01. The van der Waals surface area contributed by atoms with Gasteiger partial charge in [-0.1, -0.05) is 43.5 Å². The fourth-order valence-corrected chi connectivity index (χ4v) is 2.51. The lowest BCUT2D eigenvalue weighted by atomic mass is 9.96. The van der Waals surface area contributed by atoms with E-state index in [1.807, 2.05) is 24.3 Å². The molecule has 0 heterocycles. The molecule has 0 radical (unpaired) electrons. The fourth-order valence-electron chi connectivity index (χ4n) is 2.33. The van der Waals surface area contributed by atoms with Crippen LogP contribution in [-0.2, 0) is 17.2 Å². The standard InChI is InChI=1S/C15H20ClNO2/c16-10-12-6-8-13(9-7-12)11-19-15(18)17-14-4-2-1-3-5-14/h6-9,14H,1-5,10-11H2,(H,17,18). The minimum atomic E-state index is -0.312. The fraction of sp³-hybridized carbons (Fsp3) is 0.533. The molecule has 1 fully saturated rings. The summed E-state index contributed by atoms with van der Waals surface area (Å²) in [4.78, 5) is 11.7. The van der Waals surface area contributed by atoms with Gasteiger partial charge in [-0.3, -0.25) is 0 Å². The molecule has 1 aromatic carbocycles. The van der Waals surface area contributed by atoms with Crippen LogP contribution in [0.2, 0.25) is 0 Å². The third-order valence-corrected chi connectivity index (χ3v) is 3.78. The van der Waals surface area contributed by atoms with E-state index in [-0.39, 0.29) is 6.09 Å². The van der Waals surface area contributed by atoms with Gasteiger partial charge in [-0.25, -0.2) is 4.79 Å². The zero-order chi connectivity index (χ0) is 13.5. The summed E-state index contributed by atoms with van der Waals surface area (Å²) in [6.07, 6.45) is 5.50. The molecule has 2 rings (SSSR count). The Labute approximate surface area is 119 Å². The van der Waals surface area contributed by atoms with E-state index in [2.05, 4.69) is 5.32 Å². The largest absolute Gasteiger partial charge is 0.445 e. The third kappa shape index (κ3) is 4.75. The van der Waals surface area contributed by atoms with Crippen molar-refractivity contribution in [3.05, 3.63) is 35.4 Å². The van der Waals surface area contributed by atoms with Crippen LogP contribution in [0.5, 0.6) is 0 Å². The molecule has 0 aliphatic heterocycles. The van der Waals surface area contributed by atoms with Crippen molar-refractivity contribution in [3.63, 3.8) is 0 Å². The lowest BCUT2D eigenvalue weighted by molar-refractivity contribution is 0.133. The number of carbonyl (C=O) groups excluding carboxylic acids is 1. The molecule has 4 heteroatoms. The smallest absolute Gasteiger partial charge is 0.407 e. The van der Waals surface area contributed by atoms with Gasteiger partial charge in [0.15, 0.2) is 0 Å². The molecule has 1 aliphatic rings. The SMILES string of the molecule is O=C(NC1CCCCC1)OCc1ccc(CCl)cc1. The van der Waals surface area contributed by atoms with Crippen LogP contribution in [0.15, 0.2) is 24.3 Å². The van der Waals surface area contributed by atoms with Gasteiger partial charge < -0.3 is 10.1 Å². The highest BCUT2D eigenvalue weighted by Crippen LogP contribution is 2.17. The molecule has 19 heavy (non-hydrogen) atoms. The minimum Gasteiger partial charge on any atom is -0.445 e. The summed E-state index contributed by atoms with van der Waals surface area (Å²) >= 11 is 5.72. The maximum Gasteiger partial charge on any atom is 0.407 e. The summed E-state index contributed by atoms with van der Waals surface area (Å²) in [7, 11) is 0. The Kier molecular flexibility index (Phi) is 5.52. The van der Waals surface area contributed by atoms with Gasteiger partial charge in [0.2, 0.25) is 0 Å². The second-order valence-corrected chi connectivity index (χ2v) is 5.27. The van der Waals surface area contributed by atoms with Crippen LogP contribution in [0.4, 0.5) is 4.79 Å². The van der Waals surface area contributed by atoms with Crippen LogP contribution in [-0.4, -0.2) is 12.1 Å². The number of amides is 1. The first-order chi connectivity index (χ1) is 9.28. The van der Waals surface area contributed by atoms with Crippen molar-refractivity contribution in [2.45, 2.75) is 50.6 Å². The lowest BCUT2D eigenvalue weighted by Crippen LogP contribution is -2.36. The van der Waals surface area contributed by atoms with Crippen LogP contribution in [0, 0.1) is 0 Å². The Morgan fingerprint density at radius 3 is 2.42 bits per heavy atom. The normalized spacial score (nSPS) is 16.1. The number of nitrogens with one attached hydrogen (secondary N) is 1. The van der Waals surface area contributed by atoms with Gasteiger partial charge in [0.25, 0.3) is 0 Å². The number of halogens is 1. The van der Waals surface area contributed by atoms with Gasteiger partial charge in [-0.05, 0) is 24.0 Å². The number of hydrogen-bond acceptors (Lipinski definition) is 2. The van der Waals surface area contributed by atoms with Crippen molar-refractivity contribution in [2.75, 3.05) is 0 Å². The molecule has 3 nitrogen and oxygen atoms in total. The zero-order valence-electron chi connectivity index (χ0n) is 11.0. The molecular weight excluding hydrogens is 262 g/mol. The highest BCUT2D eigenvalue weighted by molar-refractivity contribution is 6.17. The Hall–Kier alpha value is -1.22. The van der Waals surface area contributed by atoms with Crippen LogP contribution >= 0.6 is 11.6 Å². The van der Waals surface area contributed by atoms with Crippen LogP contribution < -0.4 is 5.32 Å². The average molecular weight is 282 g/mol. The molecule has 0 unspecified atom stereocenters. The number of alkyl carbamates (subject to hydrolysis) is 1. The topological polar surface area (TPSA) is 38.3 Å². The molecule has 0 aromatic heterocycles. The van der Waals surface area contributed by atoms with Crippen LogP contribution in [0.3, 0.4) is 0 Å². The van der Waals surface area contributed by atoms with Crippen LogP contribution in [0.1, 0.15) is 43.2 Å². The van der Waals surface area contributed by atoms with Crippen molar-refractivity contribution in [3.8, 4) is 0 Å². The number of ether oxygens (including phenoxy) is 1. The van der Waals surface area contributed by atoms with Gasteiger partial charge in [-0.2, -0.15) is 0 Å². The van der Waals surface area contributed by atoms with Gasteiger partial charge in [-0.15, -0.1) is 11.6 Å². The van der Waals surface area contributed by atoms with E-state index in [0.717, 1.165) is 24.0 Å². The molecule has 1 aromatic rings. The van der Waals surface area contributed by atoms with Gasteiger partial charge in [0, 0.05) is 11.9 Å². The van der Waals surface area contributed by atoms with Gasteiger partial charge in [0.1, 0.15) is 6.61 Å². The summed E-state index contributed by atoms with van der Waals surface area (Å²) in [5.74, 6) is 0.503. The summed E-state index contributed by atoms with van der Waals surface area (Å²) in [5, 5.41) is 2.93. The lowest BCUT2D eigenvalue weighted by Gasteiger charge is -2.22. The summed E-state index contributed by atoms with van der Waals surface area (Å²) in [6, 6.07) is 8.06. The molecule has 0 bridgehead atoms. The number of carbonyl (C=O) groups is 1. The van der Waals surface area contributed by atoms with E-state index in [4.69, 9.17) is 16.3 Å². The summed E-state index contributed by atoms with van der Waals surface area (Å²) in [6.45, 7) is 0.307.